The number of rotatable bonds is 6. The molecular formula is C22H21Cl2F3N4O3. The Bertz CT molecular complexity index is 1140. The molecule has 1 aliphatic heterocycles. The van der Waals surface area contributed by atoms with Crippen LogP contribution in [0.15, 0.2) is 46.7 Å². The highest BCUT2D eigenvalue weighted by atomic mass is 35.5. The molecule has 0 bridgehead atoms. The van der Waals surface area contributed by atoms with E-state index in [9.17, 15) is 18.0 Å². The van der Waals surface area contributed by atoms with Crippen LogP contribution in [0.5, 0.6) is 0 Å². The fourth-order valence-electron chi connectivity index (χ4n) is 3.52. The summed E-state index contributed by atoms with van der Waals surface area (Å²) in [4.78, 5) is 22.1. The minimum Gasteiger partial charge on any atom is -0.398 e. The molecule has 0 saturated carbocycles. The Morgan fingerprint density at radius 2 is 1.88 bits per heavy atom. The smallest absolute Gasteiger partial charge is 0.398 e. The fourth-order valence-corrected chi connectivity index (χ4v) is 4.04. The van der Waals surface area contributed by atoms with Crippen LogP contribution in [0.1, 0.15) is 47.3 Å². The summed E-state index contributed by atoms with van der Waals surface area (Å²) in [6, 6.07) is 8.04. The van der Waals surface area contributed by atoms with Gasteiger partial charge in [0.1, 0.15) is 13.4 Å². The predicted molar refractivity (Wildman–Crippen MR) is 123 cm³/mol. The highest BCUT2D eigenvalue weighted by molar-refractivity contribution is 6.34. The summed E-state index contributed by atoms with van der Waals surface area (Å²) in [5.41, 5.74) is 3.11. The van der Waals surface area contributed by atoms with Crippen LogP contribution >= 0.6 is 23.2 Å². The Morgan fingerprint density at radius 1 is 1.24 bits per heavy atom. The summed E-state index contributed by atoms with van der Waals surface area (Å²) < 4.78 is 42.8. The fraction of sp³-hybridized carbons (Fsp3) is 0.318. The number of alkyl halides is 3. The number of nitrogens with two attached hydrogens (primary N) is 1. The highest BCUT2D eigenvalue weighted by Crippen LogP contribution is 2.49. The zero-order chi connectivity index (χ0) is 25.3. The van der Waals surface area contributed by atoms with E-state index in [1.165, 1.54) is 31.4 Å². The third-order valence-corrected chi connectivity index (χ3v) is 5.60. The van der Waals surface area contributed by atoms with Gasteiger partial charge in [-0.2, -0.15) is 13.2 Å². The van der Waals surface area contributed by atoms with Crippen molar-refractivity contribution in [2.45, 2.75) is 37.6 Å². The molecule has 2 aromatic carbocycles. The van der Waals surface area contributed by atoms with E-state index in [-0.39, 0.29) is 26.9 Å². The lowest BCUT2D eigenvalue weighted by Gasteiger charge is -2.29. The maximum absolute atomic E-state index is 14.3. The maximum atomic E-state index is 14.3. The topological polar surface area (TPSA) is 98.3 Å². The van der Waals surface area contributed by atoms with Gasteiger partial charge in [0, 0.05) is 33.1 Å². The molecule has 1 unspecified atom stereocenters. The second-order valence-corrected chi connectivity index (χ2v) is 9.03. The van der Waals surface area contributed by atoms with Crippen molar-refractivity contribution >= 4 is 41.2 Å². The summed E-state index contributed by atoms with van der Waals surface area (Å²) in [7, 11) is 1.31. The number of hydrogen-bond acceptors (Lipinski definition) is 6. The van der Waals surface area contributed by atoms with Crippen molar-refractivity contribution in [1.29, 1.82) is 0 Å². The summed E-state index contributed by atoms with van der Waals surface area (Å²) in [6.07, 6.45) is -4.40. The highest BCUT2D eigenvalue weighted by Gasteiger charge is 2.62. The van der Waals surface area contributed by atoms with Crippen LogP contribution in [0.2, 0.25) is 10.0 Å². The van der Waals surface area contributed by atoms with Crippen molar-refractivity contribution in [3.63, 3.8) is 0 Å². The molecule has 182 valence electrons. The van der Waals surface area contributed by atoms with Gasteiger partial charge in [0.25, 0.3) is 11.5 Å². The summed E-state index contributed by atoms with van der Waals surface area (Å²) in [5.74, 6) is -0.524. The summed E-state index contributed by atoms with van der Waals surface area (Å²) >= 11 is 11.9. The zero-order valence-electron chi connectivity index (χ0n) is 18.3. The molecule has 3 N–H and O–H groups in total. The standard InChI is InChI=1S/C22H21Cl2F3N4O3/c1-20(2,28)17-6-12(4-5-16(17)19(32)29-11-30-33-3)18-10-21(34-31-18,22(25,26)27)13-7-14(23)9-15(24)8-13/h4-9,11H,10,28H2,1-3H3,(H,29,30,32). The Balaban J connectivity index is 2.02. The first kappa shape index (κ1) is 25.8. The van der Waals surface area contributed by atoms with E-state index in [1.54, 1.807) is 13.8 Å². The molecule has 1 atom stereocenters. The average Bonchev–Trinajstić information content (AvgIpc) is 3.19. The SMILES string of the molecule is CON=CNC(=O)c1ccc(C2=NOC(c3cc(Cl)cc(Cl)c3)(C(F)(F)F)C2)cc1C(C)(C)N. The van der Waals surface area contributed by atoms with Gasteiger partial charge in [-0.05, 0) is 55.3 Å². The zero-order valence-corrected chi connectivity index (χ0v) is 19.8. The number of halogens is 5. The molecule has 0 radical (unpaired) electrons. The quantitative estimate of drug-likeness (QED) is 0.317. The number of nitrogens with one attached hydrogen (secondary N) is 1. The Morgan fingerprint density at radius 3 is 2.44 bits per heavy atom. The second-order valence-electron chi connectivity index (χ2n) is 8.16. The molecule has 0 fully saturated rings. The van der Waals surface area contributed by atoms with Crippen molar-refractivity contribution in [2.24, 2.45) is 16.0 Å². The molecule has 1 aliphatic rings. The van der Waals surface area contributed by atoms with E-state index >= 15 is 0 Å². The van der Waals surface area contributed by atoms with Crippen LogP contribution < -0.4 is 11.1 Å². The molecule has 12 heteroatoms. The van der Waals surface area contributed by atoms with Crippen molar-refractivity contribution < 1.29 is 27.6 Å². The Kier molecular flexibility index (Phi) is 7.16. The number of hydrogen-bond donors (Lipinski definition) is 2. The Labute approximate surface area is 203 Å². The van der Waals surface area contributed by atoms with E-state index in [0.29, 0.717) is 11.1 Å². The molecule has 2 aromatic rings. The number of carbonyl (C=O) groups excluding carboxylic acids is 1. The van der Waals surface area contributed by atoms with Gasteiger partial charge < -0.3 is 20.7 Å². The normalized spacial score (nSPS) is 18.6. The lowest BCUT2D eigenvalue weighted by molar-refractivity contribution is -0.275. The summed E-state index contributed by atoms with van der Waals surface area (Å²) in [6.45, 7) is 3.32. The minimum atomic E-state index is -4.83. The van der Waals surface area contributed by atoms with Gasteiger partial charge in [-0.25, -0.2) is 0 Å². The first-order chi connectivity index (χ1) is 15.8. The average molecular weight is 517 g/mol. The van der Waals surface area contributed by atoms with Gasteiger partial charge in [-0.3, -0.25) is 4.79 Å². The molecule has 3 rings (SSSR count). The van der Waals surface area contributed by atoms with Crippen LogP contribution in [-0.2, 0) is 20.8 Å². The largest absolute Gasteiger partial charge is 0.435 e. The molecule has 1 amide bonds. The Hall–Kier alpha value is -2.82. The third-order valence-electron chi connectivity index (χ3n) is 5.16. The van der Waals surface area contributed by atoms with Gasteiger partial charge in [0.2, 0.25) is 0 Å². The van der Waals surface area contributed by atoms with E-state index in [2.05, 4.69) is 20.5 Å². The van der Waals surface area contributed by atoms with Gasteiger partial charge in [0.05, 0.1) is 5.71 Å². The monoisotopic (exact) mass is 516 g/mol. The molecule has 34 heavy (non-hydrogen) atoms. The molecule has 0 aromatic heterocycles. The van der Waals surface area contributed by atoms with Gasteiger partial charge in [-0.1, -0.05) is 39.6 Å². The number of benzene rings is 2. The summed E-state index contributed by atoms with van der Waals surface area (Å²) in [5, 5.41) is 9.68. The number of carbonyl (C=O) groups is 1. The molecule has 0 aliphatic carbocycles. The van der Waals surface area contributed by atoms with Crippen molar-refractivity contribution in [3.8, 4) is 0 Å². The van der Waals surface area contributed by atoms with Crippen molar-refractivity contribution in [3.05, 3.63) is 68.7 Å². The molecular weight excluding hydrogens is 496 g/mol. The van der Waals surface area contributed by atoms with Crippen molar-refractivity contribution in [2.75, 3.05) is 7.11 Å². The van der Waals surface area contributed by atoms with Crippen LogP contribution in [-0.4, -0.2) is 31.2 Å². The minimum absolute atomic E-state index is 0.0202. The lowest BCUT2D eigenvalue weighted by Crippen LogP contribution is -2.42. The van der Waals surface area contributed by atoms with E-state index in [0.717, 1.165) is 18.5 Å². The molecule has 0 saturated heterocycles. The third kappa shape index (κ3) is 5.13. The lowest BCUT2D eigenvalue weighted by atomic mass is 9.84. The van der Waals surface area contributed by atoms with Crippen LogP contribution in [0.25, 0.3) is 0 Å². The first-order valence-corrected chi connectivity index (χ1v) is 10.6. The molecule has 7 nitrogen and oxygen atoms in total. The van der Waals surface area contributed by atoms with Crippen LogP contribution in [0.3, 0.4) is 0 Å². The predicted octanol–water partition coefficient (Wildman–Crippen LogP) is 5.09. The van der Waals surface area contributed by atoms with Gasteiger partial charge in [0.15, 0.2) is 0 Å². The number of amides is 1. The van der Waals surface area contributed by atoms with Gasteiger partial charge >= 0.3 is 6.18 Å². The van der Waals surface area contributed by atoms with Crippen LogP contribution in [0, 0.1) is 0 Å². The van der Waals surface area contributed by atoms with E-state index in [4.69, 9.17) is 33.8 Å². The molecule has 1 heterocycles. The van der Waals surface area contributed by atoms with Crippen LogP contribution in [0.4, 0.5) is 13.2 Å². The van der Waals surface area contributed by atoms with E-state index in [1.807, 2.05) is 0 Å². The first-order valence-electron chi connectivity index (χ1n) is 9.86. The molecule has 0 spiro atoms. The van der Waals surface area contributed by atoms with Gasteiger partial charge in [-0.15, -0.1) is 0 Å². The van der Waals surface area contributed by atoms with E-state index < -0.39 is 29.6 Å². The number of nitrogens with zero attached hydrogens (tertiary/aromatic N) is 2. The maximum Gasteiger partial charge on any atom is 0.435 e. The number of oxime groups is 2. The van der Waals surface area contributed by atoms with Crippen molar-refractivity contribution in [1.82, 2.24) is 5.32 Å². The second kappa shape index (κ2) is 9.44.